The van der Waals surface area contributed by atoms with E-state index in [0.29, 0.717) is 13.1 Å². The van der Waals surface area contributed by atoms with Gasteiger partial charge in [0.15, 0.2) is 0 Å². The number of hydrogen-bond donors (Lipinski definition) is 1. The van der Waals surface area contributed by atoms with Crippen molar-refractivity contribution < 1.29 is 4.79 Å². The SMILES string of the molecule is CCN(Cc1ccccn1)C(=O)[C@H](N)C(C)C. The topological polar surface area (TPSA) is 59.2 Å². The van der Waals surface area contributed by atoms with Gasteiger partial charge in [0, 0.05) is 12.7 Å². The molecule has 1 heterocycles. The Bertz CT molecular complexity index is 351. The van der Waals surface area contributed by atoms with E-state index in [-0.39, 0.29) is 11.8 Å². The largest absolute Gasteiger partial charge is 0.336 e. The van der Waals surface area contributed by atoms with E-state index in [0.717, 1.165) is 5.69 Å². The molecule has 2 N–H and O–H groups in total. The first-order valence-electron chi connectivity index (χ1n) is 6.00. The molecule has 0 saturated heterocycles. The first kappa shape index (κ1) is 13.6. The van der Waals surface area contributed by atoms with E-state index in [2.05, 4.69) is 4.98 Å². The van der Waals surface area contributed by atoms with Gasteiger partial charge in [-0.2, -0.15) is 0 Å². The molecule has 4 nitrogen and oxygen atoms in total. The van der Waals surface area contributed by atoms with Crippen molar-refractivity contribution in [3.05, 3.63) is 30.1 Å². The second kappa shape index (κ2) is 6.35. The normalized spacial score (nSPS) is 12.5. The van der Waals surface area contributed by atoms with E-state index in [1.54, 1.807) is 11.1 Å². The highest BCUT2D eigenvalue weighted by molar-refractivity contribution is 5.81. The van der Waals surface area contributed by atoms with Crippen LogP contribution < -0.4 is 5.73 Å². The first-order chi connectivity index (χ1) is 8.06. The van der Waals surface area contributed by atoms with Crippen LogP contribution in [0.3, 0.4) is 0 Å². The molecule has 0 saturated carbocycles. The van der Waals surface area contributed by atoms with Crippen molar-refractivity contribution in [1.82, 2.24) is 9.88 Å². The summed E-state index contributed by atoms with van der Waals surface area (Å²) in [6, 6.07) is 5.26. The van der Waals surface area contributed by atoms with Crippen LogP contribution in [0.15, 0.2) is 24.4 Å². The van der Waals surface area contributed by atoms with Gasteiger partial charge < -0.3 is 10.6 Å². The van der Waals surface area contributed by atoms with E-state index in [1.807, 2.05) is 39.0 Å². The Labute approximate surface area is 103 Å². The summed E-state index contributed by atoms with van der Waals surface area (Å²) < 4.78 is 0. The zero-order chi connectivity index (χ0) is 12.8. The smallest absolute Gasteiger partial charge is 0.240 e. The van der Waals surface area contributed by atoms with E-state index in [4.69, 9.17) is 5.73 Å². The van der Waals surface area contributed by atoms with Gasteiger partial charge in [-0.15, -0.1) is 0 Å². The molecule has 0 fully saturated rings. The number of likely N-dealkylation sites (N-methyl/N-ethyl adjacent to an activating group) is 1. The van der Waals surface area contributed by atoms with Gasteiger partial charge >= 0.3 is 0 Å². The standard InChI is InChI=1S/C13H21N3O/c1-4-16(13(17)12(14)10(2)3)9-11-7-5-6-8-15-11/h5-8,10,12H,4,9,14H2,1-3H3/t12-/m1/s1. The molecule has 0 aromatic carbocycles. The molecule has 0 aliphatic rings. The van der Waals surface area contributed by atoms with Crippen LogP contribution in [0.5, 0.6) is 0 Å². The predicted octanol–water partition coefficient (Wildman–Crippen LogP) is 1.41. The van der Waals surface area contributed by atoms with Gasteiger partial charge in [-0.1, -0.05) is 19.9 Å². The lowest BCUT2D eigenvalue weighted by atomic mass is 10.0. The molecule has 1 amide bonds. The highest BCUT2D eigenvalue weighted by Crippen LogP contribution is 2.07. The number of carbonyl (C=O) groups excluding carboxylic acids is 1. The summed E-state index contributed by atoms with van der Waals surface area (Å²) >= 11 is 0. The maximum atomic E-state index is 12.1. The van der Waals surface area contributed by atoms with Crippen LogP contribution in [0.1, 0.15) is 26.5 Å². The Balaban J connectivity index is 2.69. The van der Waals surface area contributed by atoms with Gasteiger partial charge in [-0.3, -0.25) is 9.78 Å². The van der Waals surface area contributed by atoms with Crippen molar-refractivity contribution >= 4 is 5.91 Å². The molecular weight excluding hydrogens is 214 g/mol. The summed E-state index contributed by atoms with van der Waals surface area (Å²) in [4.78, 5) is 18.1. The summed E-state index contributed by atoms with van der Waals surface area (Å²) in [5, 5.41) is 0. The van der Waals surface area contributed by atoms with Crippen LogP contribution >= 0.6 is 0 Å². The Morgan fingerprint density at radius 2 is 2.18 bits per heavy atom. The molecule has 0 spiro atoms. The molecule has 1 atom stereocenters. The minimum absolute atomic E-state index is 0.00634. The van der Waals surface area contributed by atoms with Crippen LogP contribution in [-0.2, 0) is 11.3 Å². The van der Waals surface area contributed by atoms with Crippen molar-refractivity contribution in [2.45, 2.75) is 33.4 Å². The first-order valence-corrected chi connectivity index (χ1v) is 6.00. The zero-order valence-corrected chi connectivity index (χ0v) is 10.8. The lowest BCUT2D eigenvalue weighted by Gasteiger charge is -2.25. The monoisotopic (exact) mass is 235 g/mol. The van der Waals surface area contributed by atoms with E-state index >= 15 is 0 Å². The van der Waals surface area contributed by atoms with Gasteiger partial charge in [0.25, 0.3) is 0 Å². The average molecular weight is 235 g/mol. The third-order valence-corrected chi connectivity index (χ3v) is 2.78. The van der Waals surface area contributed by atoms with Crippen molar-refractivity contribution in [2.75, 3.05) is 6.54 Å². The lowest BCUT2D eigenvalue weighted by Crippen LogP contribution is -2.46. The quantitative estimate of drug-likeness (QED) is 0.839. The number of carbonyl (C=O) groups is 1. The molecule has 1 aromatic rings. The minimum atomic E-state index is -0.432. The third kappa shape index (κ3) is 3.82. The summed E-state index contributed by atoms with van der Waals surface area (Å²) in [6.07, 6.45) is 1.73. The van der Waals surface area contributed by atoms with E-state index in [1.165, 1.54) is 0 Å². The number of pyridine rings is 1. The summed E-state index contributed by atoms with van der Waals surface area (Å²) in [5.74, 6) is 0.147. The van der Waals surface area contributed by atoms with Crippen molar-refractivity contribution in [3.63, 3.8) is 0 Å². The maximum absolute atomic E-state index is 12.1. The second-order valence-electron chi connectivity index (χ2n) is 4.44. The fraction of sp³-hybridized carbons (Fsp3) is 0.538. The number of amides is 1. The van der Waals surface area contributed by atoms with Gasteiger partial charge in [-0.25, -0.2) is 0 Å². The summed E-state index contributed by atoms with van der Waals surface area (Å²) in [7, 11) is 0. The molecule has 0 aliphatic carbocycles. The summed E-state index contributed by atoms with van der Waals surface area (Å²) in [6.45, 7) is 7.04. The van der Waals surface area contributed by atoms with Crippen LogP contribution in [-0.4, -0.2) is 28.4 Å². The van der Waals surface area contributed by atoms with Gasteiger partial charge in [0.2, 0.25) is 5.91 Å². The number of hydrogen-bond acceptors (Lipinski definition) is 3. The number of nitrogens with two attached hydrogens (primary N) is 1. The minimum Gasteiger partial charge on any atom is -0.336 e. The van der Waals surface area contributed by atoms with Crippen molar-refractivity contribution in [3.8, 4) is 0 Å². The number of aromatic nitrogens is 1. The molecule has 1 rings (SSSR count). The summed E-state index contributed by atoms with van der Waals surface area (Å²) in [5.41, 5.74) is 6.77. The molecule has 17 heavy (non-hydrogen) atoms. The number of rotatable bonds is 5. The molecule has 0 unspecified atom stereocenters. The molecule has 0 aliphatic heterocycles. The van der Waals surface area contributed by atoms with Gasteiger partial charge in [0.05, 0.1) is 18.3 Å². The highest BCUT2D eigenvalue weighted by atomic mass is 16.2. The molecule has 0 bridgehead atoms. The van der Waals surface area contributed by atoms with Crippen molar-refractivity contribution in [2.24, 2.45) is 11.7 Å². The van der Waals surface area contributed by atoms with Crippen LogP contribution in [0.25, 0.3) is 0 Å². The van der Waals surface area contributed by atoms with Crippen LogP contribution in [0, 0.1) is 5.92 Å². The van der Waals surface area contributed by atoms with Gasteiger partial charge in [0.1, 0.15) is 0 Å². The molecule has 0 radical (unpaired) electrons. The molecule has 4 heteroatoms. The third-order valence-electron chi connectivity index (χ3n) is 2.78. The zero-order valence-electron chi connectivity index (χ0n) is 10.8. The van der Waals surface area contributed by atoms with Crippen LogP contribution in [0.4, 0.5) is 0 Å². The number of nitrogens with zero attached hydrogens (tertiary/aromatic N) is 2. The van der Waals surface area contributed by atoms with Crippen LogP contribution in [0.2, 0.25) is 0 Å². The second-order valence-corrected chi connectivity index (χ2v) is 4.44. The fourth-order valence-electron chi connectivity index (χ4n) is 1.53. The predicted molar refractivity (Wildman–Crippen MR) is 68.1 cm³/mol. The Kier molecular flexibility index (Phi) is 5.10. The molecule has 94 valence electrons. The highest BCUT2D eigenvalue weighted by Gasteiger charge is 2.22. The maximum Gasteiger partial charge on any atom is 0.240 e. The average Bonchev–Trinajstić information content (AvgIpc) is 2.35. The van der Waals surface area contributed by atoms with E-state index < -0.39 is 6.04 Å². The van der Waals surface area contributed by atoms with E-state index in [9.17, 15) is 4.79 Å². The van der Waals surface area contributed by atoms with Gasteiger partial charge in [-0.05, 0) is 25.0 Å². The Morgan fingerprint density at radius 1 is 1.47 bits per heavy atom. The molecular formula is C13H21N3O. The lowest BCUT2D eigenvalue weighted by molar-refractivity contribution is -0.134. The molecule has 1 aromatic heterocycles. The van der Waals surface area contributed by atoms with Crippen molar-refractivity contribution in [1.29, 1.82) is 0 Å². The Hall–Kier alpha value is -1.42. The fourth-order valence-corrected chi connectivity index (χ4v) is 1.53. The Morgan fingerprint density at radius 3 is 2.65 bits per heavy atom.